The number of rotatable bonds is 1. The minimum absolute atomic E-state index is 1.01. The molecule has 0 amide bonds. The standard InChI is InChI=1S/C6H8N2S2/c1-7-5(9-2)6-8-3-4-10-6/h3-4H,1-2H3. The maximum Gasteiger partial charge on any atom is 0.147 e. The highest BCUT2D eigenvalue weighted by molar-refractivity contribution is 8.14. The molecule has 0 aliphatic rings. The molecule has 0 N–H and O–H groups in total. The second kappa shape index (κ2) is 3.73. The number of hydrogen-bond acceptors (Lipinski definition) is 4. The van der Waals surface area contributed by atoms with Crippen molar-refractivity contribution in [2.24, 2.45) is 4.99 Å². The number of aromatic nitrogens is 1. The summed E-state index contributed by atoms with van der Waals surface area (Å²) in [5.74, 6) is 0. The Balaban J connectivity index is 2.85. The van der Waals surface area contributed by atoms with Crippen molar-refractivity contribution in [1.29, 1.82) is 0 Å². The minimum Gasteiger partial charge on any atom is -0.279 e. The van der Waals surface area contributed by atoms with E-state index in [4.69, 9.17) is 0 Å². The summed E-state index contributed by atoms with van der Waals surface area (Å²) in [4.78, 5) is 8.20. The Labute approximate surface area is 68.4 Å². The van der Waals surface area contributed by atoms with Crippen LogP contribution in [0.5, 0.6) is 0 Å². The molecule has 4 heteroatoms. The van der Waals surface area contributed by atoms with E-state index in [1.165, 1.54) is 0 Å². The Hall–Kier alpha value is -0.350. The average molecular weight is 172 g/mol. The van der Waals surface area contributed by atoms with Gasteiger partial charge in [0, 0.05) is 18.6 Å². The van der Waals surface area contributed by atoms with Crippen molar-refractivity contribution in [2.45, 2.75) is 0 Å². The van der Waals surface area contributed by atoms with E-state index in [0.717, 1.165) is 10.1 Å². The molecule has 0 aliphatic heterocycles. The van der Waals surface area contributed by atoms with Crippen LogP contribution < -0.4 is 0 Å². The lowest BCUT2D eigenvalue weighted by Gasteiger charge is -1.93. The molecule has 0 bridgehead atoms. The van der Waals surface area contributed by atoms with Crippen LogP contribution >= 0.6 is 23.1 Å². The van der Waals surface area contributed by atoms with Crippen LogP contribution in [-0.2, 0) is 0 Å². The third-order valence-electron chi connectivity index (χ3n) is 1.01. The van der Waals surface area contributed by atoms with Crippen molar-refractivity contribution >= 4 is 28.1 Å². The van der Waals surface area contributed by atoms with Crippen LogP contribution in [0.15, 0.2) is 16.6 Å². The fraction of sp³-hybridized carbons (Fsp3) is 0.333. The lowest BCUT2D eigenvalue weighted by atomic mass is 10.7. The predicted octanol–water partition coefficient (Wildman–Crippen LogP) is 1.88. The van der Waals surface area contributed by atoms with Gasteiger partial charge in [0.2, 0.25) is 0 Å². The Morgan fingerprint density at radius 1 is 1.80 bits per heavy atom. The third-order valence-corrected chi connectivity index (χ3v) is 2.68. The molecule has 0 fully saturated rings. The molecule has 0 radical (unpaired) electrons. The largest absolute Gasteiger partial charge is 0.279 e. The van der Waals surface area contributed by atoms with Gasteiger partial charge in [-0.3, -0.25) is 4.99 Å². The molecule has 1 heterocycles. The van der Waals surface area contributed by atoms with Gasteiger partial charge in [0.15, 0.2) is 0 Å². The van der Waals surface area contributed by atoms with E-state index in [1.54, 1.807) is 36.3 Å². The lowest BCUT2D eigenvalue weighted by Crippen LogP contribution is -1.91. The van der Waals surface area contributed by atoms with E-state index in [-0.39, 0.29) is 0 Å². The van der Waals surface area contributed by atoms with E-state index < -0.39 is 0 Å². The zero-order chi connectivity index (χ0) is 7.40. The Morgan fingerprint density at radius 2 is 2.60 bits per heavy atom. The summed E-state index contributed by atoms with van der Waals surface area (Å²) in [5, 5.41) is 3.97. The number of hydrogen-bond donors (Lipinski definition) is 0. The van der Waals surface area contributed by atoms with E-state index in [1.807, 2.05) is 11.6 Å². The summed E-state index contributed by atoms with van der Waals surface area (Å²) >= 11 is 3.24. The number of thioether (sulfide) groups is 1. The van der Waals surface area contributed by atoms with Gasteiger partial charge < -0.3 is 0 Å². The van der Waals surface area contributed by atoms with Gasteiger partial charge in [0.25, 0.3) is 0 Å². The van der Waals surface area contributed by atoms with Crippen LogP contribution in [0.3, 0.4) is 0 Å². The Morgan fingerprint density at radius 3 is 3.00 bits per heavy atom. The zero-order valence-corrected chi connectivity index (χ0v) is 7.50. The molecule has 0 saturated heterocycles. The van der Waals surface area contributed by atoms with Crippen LogP contribution in [0.2, 0.25) is 0 Å². The fourth-order valence-corrected chi connectivity index (χ4v) is 1.97. The average Bonchev–Trinajstić information content (AvgIpc) is 2.43. The molecule has 1 rings (SSSR count). The molecule has 0 aliphatic carbocycles. The quantitative estimate of drug-likeness (QED) is 0.477. The monoisotopic (exact) mass is 172 g/mol. The topological polar surface area (TPSA) is 25.2 Å². The minimum atomic E-state index is 1.01. The SMILES string of the molecule is CN=C(SC)c1nccs1. The van der Waals surface area contributed by atoms with E-state index >= 15 is 0 Å². The number of thiazole rings is 1. The van der Waals surface area contributed by atoms with E-state index in [0.29, 0.717) is 0 Å². The molecule has 0 unspecified atom stereocenters. The molecule has 0 aromatic carbocycles. The van der Waals surface area contributed by atoms with Crippen molar-refractivity contribution in [1.82, 2.24) is 4.98 Å². The first-order chi connectivity index (χ1) is 4.88. The molecule has 10 heavy (non-hydrogen) atoms. The summed E-state index contributed by atoms with van der Waals surface area (Å²) in [6, 6.07) is 0. The summed E-state index contributed by atoms with van der Waals surface area (Å²) < 4.78 is 0. The smallest absolute Gasteiger partial charge is 0.147 e. The van der Waals surface area contributed by atoms with E-state index in [9.17, 15) is 0 Å². The molecule has 0 spiro atoms. The van der Waals surface area contributed by atoms with Crippen LogP contribution in [0.4, 0.5) is 0 Å². The predicted molar refractivity (Wildman–Crippen MR) is 48.1 cm³/mol. The second-order valence-corrected chi connectivity index (χ2v) is 3.26. The normalized spacial score (nSPS) is 12.0. The van der Waals surface area contributed by atoms with Crippen LogP contribution in [-0.4, -0.2) is 23.3 Å². The highest BCUT2D eigenvalue weighted by Crippen LogP contribution is 2.12. The summed E-state index contributed by atoms with van der Waals surface area (Å²) in [6.45, 7) is 0. The third kappa shape index (κ3) is 1.58. The van der Waals surface area contributed by atoms with Crippen LogP contribution in [0.1, 0.15) is 5.01 Å². The Bertz CT molecular complexity index is 216. The van der Waals surface area contributed by atoms with Crippen molar-refractivity contribution in [2.75, 3.05) is 13.3 Å². The highest BCUT2D eigenvalue weighted by atomic mass is 32.2. The van der Waals surface area contributed by atoms with Gasteiger partial charge in [-0.05, 0) is 6.26 Å². The molecule has 1 aromatic rings. The van der Waals surface area contributed by atoms with Crippen LogP contribution in [0, 0.1) is 0 Å². The molecule has 2 nitrogen and oxygen atoms in total. The van der Waals surface area contributed by atoms with Gasteiger partial charge in [-0.15, -0.1) is 23.1 Å². The Kier molecular flexibility index (Phi) is 2.89. The van der Waals surface area contributed by atoms with Gasteiger partial charge >= 0.3 is 0 Å². The van der Waals surface area contributed by atoms with Crippen molar-refractivity contribution in [3.05, 3.63) is 16.6 Å². The van der Waals surface area contributed by atoms with Crippen LogP contribution in [0.25, 0.3) is 0 Å². The molecular formula is C6H8N2S2. The second-order valence-electron chi connectivity index (χ2n) is 1.57. The number of aliphatic imine (C=N–C) groups is 1. The van der Waals surface area contributed by atoms with E-state index in [2.05, 4.69) is 9.98 Å². The molecule has 0 atom stereocenters. The van der Waals surface area contributed by atoms with Gasteiger partial charge in [-0.2, -0.15) is 0 Å². The van der Waals surface area contributed by atoms with Crippen molar-refractivity contribution in [3.8, 4) is 0 Å². The van der Waals surface area contributed by atoms with Gasteiger partial charge in [-0.1, -0.05) is 0 Å². The first-order valence-electron chi connectivity index (χ1n) is 2.79. The molecule has 54 valence electrons. The maximum atomic E-state index is 4.13. The van der Waals surface area contributed by atoms with Crippen molar-refractivity contribution in [3.63, 3.8) is 0 Å². The fourth-order valence-electron chi connectivity index (χ4n) is 0.603. The molecule has 1 aromatic heterocycles. The maximum absolute atomic E-state index is 4.13. The molecular weight excluding hydrogens is 164 g/mol. The zero-order valence-electron chi connectivity index (χ0n) is 5.87. The summed E-state index contributed by atoms with van der Waals surface area (Å²) in [6.07, 6.45) is 3.80. The highest BCUT2D eigenvalue weighted by Gasteiger charge is 2.01. The van der Waals surface area contributed by atoms with Gasteiger partial charge in [-0.25, -0.2) is 4.98 Å². The first kappa shape index (κ1) is 7.75. The first-order valence-corrected chi connectivity index (χ1v) is 4.89. The van der Waals surface area contributed by atoms with Crippen molar-refractivity contribution < 1.29 is 0 Å². The molecule has 0 saturated carbocycles. The van der Waals surface area contributed by atoms with Gasteiger partial charge in [0.05, 0.1) is 0 Å². The van der Waals surface area contributed by atoms with Gasteiger partial charge in [0.1, 0.15) is 10.1 Å². The number of nitrogens with zero attached hydrogens (tertiary/aromatic N) is 2. The lowest BCUT2D eigenvalue weighted by molar-refractivity contribution is 1.37. The summed E-state index contributed by atoms with van der Waals surface area (Å²) in [5.41, 5.74) is 0. The summed E-state index contributed by atoms with van der Waals surface area (Å²) in [7, 11) is 1.78.